The molecule has 0 aliphatic heterocycles. The molecule has 0 aliphatic rings. The van der Waals surface area contributed by atoms with E-state index in [2.05, 4.69) is 5.32 Å². The van der Waals surface area contributed by atoms with Gasteiger partial charge in [-0.05, 0) is 67.3 Å². The maximum absolute atomic E-state index is 13.9. The van der Waals surface area contributed by atoms with Crippen LogP contribution in [-0.2, 0) is 26.2 Å². The summed E-state index contributed by atoms with van der Waals surface area (Å²) in [6, 6.07) is 21.2. The van der Waals surface area contributed by atoms with Crippen LogP contribution in [0, 0.1) is 12.8 Å². The van der Waals surface area contributed by atoms with E-state index in [4.69, 9.17) is 11.6 Å². The van der Waals surface area contributed by atoms with Crippen molar-refractivity contribution < 1.29 is 18.0 Å². The Bertz CT molecular complexity index is 1350. The van der Waals surface area contributed by atoms with E-state index >= 15 is 0 Å². The molecule has 0 aromatic heterocycles. The van der Waals surface area contributed by atoms with Crippen LogP contribution in [0.2, 0.25) is 5.02 Å². The predicted octanol–water partition coefficient (Wildman–Crippen LogP) is 5.03. The van der Waals surface area contributed by atoms with Crippen LogP contribution in [0.1, 0.15) is 31.9 Å². The van der Waals surface area contributed by atoms with Crippen molar-refractivity contribution in [1.29, 1.82) is 0 Å². The number of carbonyl (C=O) groups excluding carboxylic acids is 2. The monoisotopic (exact) mass is 555 g/mol. The number of nitrogens with one attached hydrogen (secondary N) is 1. The van der Waals surface area contributed by atoms with E-state index in [9.17, 15) is 18.0 Å². The normalized spacial score (nSPS) is 12.2. The first-order chi connectivity index (χ1) is 18.0. The summed E-state index contributed by atoms with van der Waals surface area (Å²) < 4.78 is 28.7. The summed E-state index contributed by atoms with van der Waals surface area (Å²) in [5.74, 6) is -0.559. The maximum Gasteiger partial charge on any atom is 0.264 e. The van der Waals surface area contributed by atoms with Crippen LogP contribution < -0.4 is 9.62 Å². The molecule has 3 rings (SSSR count). The lowest BCUT2D eigenvalue weighted by molar-refractivity contribution is -0.139. The van der Waals surface area contributed by atoms with Crippen LogP contribution in [0.5, 0.6) is 0 Å². The first kappa shape index (κ1) is 29.2. The van der Waals surface area contributed by atoms with Crippen molar-refractivity contribution in [2.45, 2.75) is 45.2 Å². The largest absolute Gasteiger partial charge is 0.354 e. The third kappa shape index (κ3) is 7.58. The van der Waals surface area contributed by atoms with Crippen molar-refractivity contribution in [3.05, 3.63) is 95.0 Å². The average Bonchev–Trinajstić information content (AvgIpc) is 2.89. The molecular weight excluding hydrogens is 522 g/mol. The van der Waals surface area contributed by atoms with E-state index in [1.165, 1.54) is 29.2 Å². The molecule has 0 saturated carbocycles. The predicted molar refractivity (Wildman–Crippen MR) is 151 cm³/mol. The van der Waals surface area contributed by atoms with Crippen LogP contribution in [0.3, 0.4) is 0 Å². The Morgan fingerprint density at radius 3 is 2.18 bits per heavy atom. The maximum atomic E-state index is 13.9. The van der Waals surface area contributed by atoms with Gasteiger partial charge in [0.1, 0.15) is 12.6 Å². The third-order valence-electron chi connectivity index (χ3n) is 6.02. The SMILES string of the molecule is Cc1cccc(N(CC(=O)N(Cc2ccccc2)[C@H](C)C(=O)NCC(C)C)S(=O)(=O)c2ccc(Cl)cc2)c1. The second-order valence-corrected chi connectivity index (χ2v) is 11.9. The lowest BCUT2D eigenvalue weighted by Crippen LogP contribution is -2.51. The number of carbonyl (C=O) groups is 2. The number of halogens is 1. The van der Waals surface area contributed by atoms with Crippen LogP contribution in [0.25, 0.3) is 0 Å². The number of amides is 2. The lowest BCUT2D eigenvalue weighted by atomic mass is 10.1. The molecule has 1 N–H and O–H groups in total. The van der Waals surface area contributed by atoms with Crippen LogP contribution in [0.4, 0.5) is 5.69 Å². The van der Waals surface area contributed by atoms with Gasteiger partial charge in [0.15, 0.2) is 0 Å². The summed E-state index contributed by atoms with van der Waals surface area (Å²) in [4.78, 5) is 28.3. The highest BCUT2D eigenvalue weighted by Crippen LogP contribution is 2.26. The molecule has 38 heavy (non-hydrogen) atoms. The van der Waals surface area contributed by atoms with Gasteiger partial charge in [0.2, 0.25) is 11.8 Å². The summed E-state index contributed by atoms with van der Waals surface area (Å²) in [6.07, 6.45) is 0. The van der Waals surface area contributed by atoms with Gasteiger partial charge < -0.3 is 10.2 Å². The van der Waals surface area contributed by atoms with Gasteiger partial charge in [0.05, 0.1) is 10.6 Å². The zero-order valence-electron chi connectivity index (χ0n) is 22.1. The number of nitrogens with zero attached hydrogens (tertiary/aromatic N) is 2. The fourth-order valence-electron chi connectivity index (χ4n) is 3.86. The fraction of sp³-hybridized carbons (Fsp3) is 0.310. The smallest absolute Gasteiger partial charge is 0.264 e. The Balaban J connectivity index is 2.00. The molecule has 7 nitrogen and oxygen atoms in total. The summed E-state index contributed by atoms with van der Waals surface area (Å²) in [5, 5.41) is 3.28. The topological polar surface area (TPSA) is 86.8 Å². The molecule has 0 aliphatic carbocycles. The highest BCUT2D eigenvalue weighted by molar-refractivity contribution is 7.92. The van der Waals surface area contributed by atoms with Crippen molar-refractivity contribution in [3.63, 3.8) is 0 Å². The van der Waals surface area contributed by atoms with Gasteiger partial charge in [-0.3, -0.25) is 13.9 Å². The minimum Gasteiger partial charge on any atom is -0.354 e. The summed E-state index contributed by atoms with van der Waals surface area (Å²) >= 11 is 5.98. The van der Waals surface area contributed by atoms with Crippen molar-refractivity contribution >= 4 is 39.1 Å². The quantitative estimate of drug-likeness (QED) is 0.359. The van der Waals surface area contributed by atoms with Crippen LogP contribution >= 0.6 is 11.6 Å². The molecule has 0 heterocycles. The van der Waals surface area contributed by atoms with E-state index < -0.39 is 28.5 Å². The number of hydrogen-bond donors (Lipinski definition) is 1. The average molecular weight is 556 g/mol. The Hall–Kier alpha value is -3.36. The summed E-state index contributed by atoms with van der Waals surface area (Å²) in [7, 11) is -4.13. The first-order valence-corrected chi connectivity index (χ1v) is 14.3. The second-order valence-electron chi connectivity index (χ2n) is 9.63. The molecule has 1 atom stereocenters. The molecule has 9 heteroatoms. The molecule has 0 fully saturated rings. The third-order valence-corrected chi connectivity index (χ3v) is 8.06. The van der Waals surface area contributed by atoms with Gasteiger partial charge in [-0.15, -0.1) is 0 Å². The molecule has 2 amide bonds. The highest BCUT2D eigenvalue weighted by Gasteiger charge is 2.32. The first-order valence-electron chi connectivity index (χ1n) is 12.4. The van der Waals surface area contributed by atoms with Crippen LogP contribution in [-0.4, -0.2) is 44.3 Å². The number of rotatable bonds is 11. The van der Waals surface area contributed by atoms with E-state index in [-0.39, 0.29) is 23.3 Å². The van der Waals surface area contributed by atoms with Gasteiger partial charge in [-0.25, -0.2) is 8.42 Å². The molecule has 3 aromatic carbocycles. The van der Waals surface area contributed by atoms with Crippen molar-refractivity contribution in [3.8, 4) is 0 Å². The molecule has 0 unspecified atom stereocenters. The van der Waals surface area contributed by atoms with E-state index in [0.717, 1.165) is 15.4 Å². The number of aryl methyl sites for hydroxylation is 1. The Labute approximate surface area is 230 Å². The molecular formula is C29H34ClN3O4S. The zero-order valence-corrected chi connectivity index (χ0v) is 23.7. The number of anilines is 1. The molecule has 0 saturated heterocycles. The van der Waals surface area contributed by atoms with Crippen LogP contribution in [0.15, 0.2) is 83.8 Å². The van der Waals surface area contributed by atoms with Crippen molar-refractivity contribution in [2.24, 2.45) is 5.92 Å². The lowest BCUT2D eigenvalue weighted by Gasteiger charge is -2.32. The van der Waals surface area contributed by atoms with Crippen molar-refractivity contribution in [2.75, 3.05) is 17.4 Å². The second kappa shape index (κ2) is 12.9. The Morgan fingerprint density at radius 2 is 1.58 bits per heavy atom. The van der Waals surface area contributed by atoms with Gasteiger partial charge in [-0.2, -0.15) is 0 Å². The molecule has 0 bridgehead atoms. The number of sulfonamides is 1. The number of hydrogen-bond acceptors (Lipinski definition) is 4. The van der Waals surface area contributed by atoms with Crippen molar-refractivity contribution in [1.82, 2.24) is 10.2 Å². The number of benzene rings is 3. The van der Waals surface area contributed by atoms with Gasteiger partial charge in [0, 0.05) is 18.1 Å². The minimum absolute atomic E-state index is 0.00791. The fourth-order valence-corrected chi connectivity index (χ4v) is 5.39. The van der Waals surface area contributed by atoms with Gasteiger partial charge in [-0.1, -0.05) is 67.9 Å². The molecule has 202 valence electrons. The zero-order chi connectivity index (χ0) is 27.9. The Morgan fingerprint density at radius 1 is 0.921 bits per heavy atom. The Kier molecular flexibility index (Phi) is 9.94. The highest BCUT2D eigenvalue weighted by atomic mass is 35.5. The summed E-state index contributed by atoms with van der Waals surface area (Å²) in [5.41, 5.74) is 2.02. The van der Waals surface area contributed by atoms with E-state index in [1.54, 1.807) is 25.1 Å². The standard InChI is InChI=1S/C29H34ClN3O4S/c1-21(2)18-31-29(35)23(4)32(19-24-10-6-5-7-11-24)28(34)20-33(26-12-8-9-22(3)17-26)38(36,37)27-15-13-25(30)14-16-27/h5-17,21,23H,18-20H2,1-4H3,(H,31,35)/t23-/m1/s1. The molecule has 3 aromatic rings. The molecule has 0 spiro atoms. The van der Waals surface area contributed by atoms with E-state index in [1.807, 2.05) is 57.2 Å². The summed E-state index contributed by atoms with van der Waals surface area (Å²) in [6.45, 7) is 7.61. The van der Waals surface area contributed by atoms with E-state index in [0.29, 0.717) is 17.3 Å². The molecule has 0 radical (unpaired) electrons. The van der Waals surface area contributed by atoms with Gasteiger partial charge in [0.25, 0.3) is 10.0 Å². The van der Waals surface area contributed by atoms with Gasteiger partial charge >= 0.3 is 0 Å². The minimum atomic E-state index is -4.13.